The molecule has 0 saturated heterocycles. The van der Waals surface area contributed by atoms with Crippen LogP contribution in [-0.4, -0.2) is 18.0 Å². The maximum absolute atomic E-state index is 11.0. The van der Waals surface area contributed by atoms with E-state index in [9.17, 15) is 14.9 Å². The largest absolute Gasteiger partial charge is 0.465 e. The molecule has 0 amide bonds. The van der Waals surface area contributed by atoms with Crippen molar-refractivity contribution in [2.24, 2.45) is 0 Å². The summed E-state index contributed by atoms with van der Waals surface area (Å²) < 4.78 is 4.49. The zero-order valence-electron chi connectivity index (χ0n) is 7.30. The Hall–Kier alpha value is -1.69. The monoisotopic (exact) mass is 213 g/mol. The average molecular weight is 213 g/mol. The lowest BCUT2D eigenvalue weighted by Crippen LogP contribution is -1.96. The zero-order valence-corrected chi connectivity index (χ0v) is 8.11. The van der Waals surface area contributed by atoms with Gasteiger partial charge >= 0.3 is 5.97 Å². The van der Waals surface area contributed by atoms with E-state index in [-0.39, 0.29) is 0 Å². The molecule has 0 spiro atoms. The number of esters is 1. The van der Waals surface area contributed by atoms with E-state index in [4.69, 9.17) is 0 Å². The number of carbonyl (C=O) groups is 1. The van der Waals surface area contributed by atoms with Gasteiger partial charge in [-0.3, -0.25) is 10.1 Å². The predicted octanol–water partition coefficient (Wildman–Crippen LogP) is 1.78. The van der Waals surface area contributed by atoms with Gasteiger partial charge in [0.1, 0.15) is 4.88 Å². The average Bonchev–Trinajstić information content (AvgIpc) is 2.62. The van der Waals surface area contributed by atoms with Gasteiger partial charge < -0.3 is 4.74 Å². The number of hydrogen-bond acceptors (Lipinski definition) is 5. The van der Waals surface area contributed by atoms with Crippen LogP contribution in [0.1, 0.15) is 14.5 Å². The van der Waals surface area contributed by atoms with E-state index < -0.39 is 10.9 Å². The number of hydrogen-bond donors (Lipinski definition) is 0. The van der Waals surface area contributed by atoms with Crippen LogP contribution in [-0.2, 0) is 4.74 Å². The van der Waals surface area contributed by atoms with Crippen molar-refractivity contribution < 1.29 is 14.5 Å². The van der Waals surface area contributed by atoms with Crippen LogP contribution in [0.15, 0.2) is 18.3 Å². The highest BCUT2D eigenvalue weighted by Crippen LogP contribution is 2.18. The van der Waals surface area contributed by atoms with E-state index in [0.29, 0.717) is 9.75 Å². The third-order valence-electron chi connectivity index (χ3n) is 1.37. The fourth-order valence-electron chi connectivity index (χ4n) is 0.787. The van der Waals surface area contributed by atoms with Crippen molar-refractivity contribution in [2.75, 3.05) is 7.11 Å². The van der Waals surface area contributed by atoms with Gasteiger partial charge in [0.2, 0.25) is 6.20 Å². The lowest BCUT2D eigenvalue weighted by molar-refractivity contribution is -0.400. The second-order valence-electron chi connectivity index (χ2n) is 2.29. The quantitative estimate of drug-likeness (QED) is 0.436. The molecule has 0 aliphatic carbocycles. The third-order valence-corrected chi connectivity index (χ3v) is 2.40. The fraction of sp³-hybridized carbons (Fsp3) is 0.125. The topological polar surface area (TPSA) is 69.4 Å². The summed E-state index contributed by atoms with van der Waals surface area (Å²) >= 11 is 1.14. The van der Waals surface area contributed by atoms with Gasteiger partial charge in [-0.15, -0.1) is 11.3 Å². The highest BCUT2D eigenvalue weighted by molar-refractivity contribution is 7.14. The van der Waals surface area contributed by atoms with Gasteiger partial charge in [-0.25, -0.2) is 4.79 Å². The van der Waals surface area contributed by atoms with Gasteiger partial charge in [0.05, 0.1) is 12.0 Å². The van der Waals surface area contributed by atoms with Crippen LogP contribution in [0.4, 0.5) is 0 Å². The van der Waals surface area contributed by atoms with Crippen LogP contribution in [0.3, 0.4) is 0 Å². The second kappa shape index (κ2) is 4.52. The molecule has 0 aliphatic heterocycles. The van der Waals surface area contributed by atoms with Crippen molar-refractivity contribution in [3.63, 3.8) is 0 Å². The standard InChI is InChI=1S/C8H7NO4S/c1-13-8(10)7-3-2-6(14-7)4-5-9(11)12/h2-5H,1H3/b5-4+. The highest BCUT2D eigenvalue weighted by atomic mass is 32.1. The Morgan fingerprint density at radius 3 is 2.93 bits per heavy atom. The molecule has 0 bridgehead atoms. The number of thiophene rings is 1. The number of nitrogens with zero attached hydrogens (tertiary/aromatic N) is 1. The third kappa shape index (κ3) is 2.67. The van der Waals surface area contributed by atoms with Crippen LogP contribution in [0, 0.1) is 10.1 Å². The summed E-state index contributed by atoms with van der Waals surface area (Å²) in [6, 6.07) is 3.19. The lowest BCUT2D eigenvalue weighted by Gasteiger charge is -1.90. The van der Waals surface area contributed by atoms with Crippen molar-refractivity contribution in [2.45, 2.75) is 0 Å². The Bertz CT molecular complexity index is 382. The Morgan fingerprint density at radius 1 is 1.64 bits per heavy atom. The molecule has 0 atom stereocenters. The lowest BCUT2D eigenvalue weighted by atomic mass is 10.4. The van der Waals surface area contributed by atoms with E-state index in [1.807, 2.05) is 0 Å². The van der Waals surface area contributed by atoms with Crippen LogP contribution in [0.25, 0.3) is 6.08 Å². The normalized spacial score (nSPS) is 10.4. The maximum Gasteiger partial charge on any atom is 0.348 e. The summed E-state index contributed by atoms with van der Waals surface area (Å²) in [6.45, 7) is 0. The van der Waals surface area contributed by atoms with Gasteiger partial charge in [-0.2, -0.15) is 0 Å². The van der Waals surface area contributed by atoms with Gasteiger partial charge in [-0.05, 0) is 12.1 Å². The minimum Gasteiger partial charge on any atom is -0.465 e. The van der Waals surface area contributed by atoms with Crippen molar-refractivity contribution in [1.82, 2.24) is 0 Å². The number of ether oxygens (including phenoxy) is 1. The van der Waals surface area contributed by atoms with Gasteiger partial charge in [0.25, 0.3) is 0 Å². The van der Waals surface area contributed by atoms with Crippen LogP contribution in [0.2, 0.25) is 0 Å². The maximum atomic E-state index is 11.0. The van der Waals surface area contributed by atoms with E-state index in [1.165, 1.54) is 13.2 Å². The van der Waals surface area contributed by atoms with E-state index in [2.05, 4.69) is 4.74 Å². The molecule has 1 aromatic rings. The minimum atomic E-state index is -0.558. The molecule has 0 aromatic carbocycles. The van der Waals surface area contributed by atoms with Gasteiger partial charge in [0, 0.05) is 11.0 Å². The molecule has 14 heavy (non-hydrogen) atoms. The molecule has 1 heterocycles. The molecular weight excluding hydrogens is 206 g/mol. The summed E-state index contributed by atoms with van der Waals surface area (Å²) in [5.74, 6) is -0.434. The molecule has 6 heteroatoms. The first-order chi connectivity index (χ1) is 6.63. The molecule has 1 rings (SSSR count). The molecule has 5 nitrogen and oxygen atoms in total. The van der Waals surface area contributed by atoms with Crippen LogP contribution in [0.5, 0.6) is 0 Å². The molecule has 74 valence electrons. The molecule has 1 aromatic heterocycles. The smallest absolute Gasteiger partial charge is 0.348 e. The Balaban J connectivity index is 2.78. The Kier molecular flexibility index (Phi) is 3.35. The van der Waals surface area contributed by atoms with Crippen LogP contribution >= 0.6 is 11.3 Å². The van der Waals surface area contributed by atoms with Gasteiger partial charge in [-0.1, -0.05) is 0 Å². The number of rotatable bonds is 3. The van der Waals surface area contributed by atoms with E-state index in [1.54, 1.807) is 12.1 Å². The predicted molar refractivity (Wildman–Crippen MR) is 51.7 cm³/mol. The summed E-state index contributed by atoms with van der Waals surface area (Å²) in [5, 5.41) is 10.0. The SMILES string of the molecule is COC(=O)c1ccc(/C=C/[N+](=O)[O-])s1. The van der Waals surface area contributed by atoms with Crippen molar-refractivity contribution in [3.05, 3.63) is 38.2 Å². The summed E-state index contributed by atoms with van der Waals surface area (Å²) in [6.07, 6.45) is 2.16. The summed E-state index contributed by atoms with van der Waals surface area (Å²) in [5.41, 5.74) is 0. The number of methoxy groups -OCH3 is 1. The van der Waals surface area contributed by atoms with Crippen molar-refractivity contribution in [1.29, 1.82) is 0 Å². The van der Waals surface area contributed by atoms with Gasteiger partial charge in [0.15, 0.2) is 0 Å². The molecule has 0 aliphatic rings. The highest BCUT2D eigenvalue weighted by Gasteiger charge is 2.07. The second-order valence-corrected chi connectivity index (χ2v) is 3.41. The molecule has 0 radical (unpaired) electrons. The fourth-order valence-corrected chi connectivity index (χ4v) is 1.61. The molecule has 0 N–H and O–H groups in total. The Morgan fingerprint density at radius 2 is 2.36 bits per heavy atom. The Labute approximate surface area is 83.8 Å². The summed E-state index contributed by atoms with van der Waals surface area (Å²) in [7, 11) is 1.29. The van der Waals surface area contributed by atoms with Crippen molar-refractivity contribution in [3.8, 4) is 0 Å². The first-order valence-electron chi connectivity index (χ1n) is 3.63. The zero-order chi connectivity index (χ0) is 10.6. The molecular formula is C8H7NO4S. The first-order valence-corrected chi connectivity index (χ1v) is 4.45. The summed E-state index contributed by atoms with van der Waals surface area (Å²) in [4.78, 5) is 21.5. The van der Waals surface area contributed by atoms with Crippen molar-refractivity contribution >= 4 is 23.4 Å². The minimum absolute atomic E-state index is 0.426. The number of nitro groups is 1. The molecule has 0 saturated carbocycles. The first kappa shape index (κ1) is 10.4. The number of carbonyl (C=O) groups excluding carboxylic acids is 1. The van der Waals surface area contributed by atoms with E-state index >= 15 is 0 Å². The molecule has 0 unspecified atom stereocenters. The molecule has 0 fully saturated rings. The van der Waals surface area contributed by atoms with E-state index in [0.717, 1.165) is 17.5 Å². The van der Waals surface area contributed by atoms with Crippen LogP contribution < -0.4 is 0 Å².